The molecule has 2 amide bonds. The maximum absolute atomic E-state index is 12.0. The Morgan fingerprint density at radius 1 is 1.09 bits per heavy atom. The number of hydrogen-bond donors (Lipinski definition) is 3. The molecule has 6 heteroatoms. The lowest BCUT2D eigenvalue weighted by molar-refractivity contribution is -0.129. The van der Waals surface area contributed by atoms with Crippen molar-refractivity contribution in [2.45, 2.75) is 38.1 Å². The van der Waals surface area contributed by atoms with Crippen LogP contribution in [0.25, 0.3) is 0 Å². The van der Waals surface area contributed by atoms with Crippen LogP contribution in [-0.4, -0.2) is 41.1 Å². The first-order chi connectivity index (χ1) is 10.7. The summed E-state index contributed by atoms with van der Waals surface area (Å²) in [6, 6.07) is 9.96. The van der Waals surface area contributed by atoms with Crippen molar-refractivity contribution in [2.75, 3.05) is 18.4 Å². The van der Waals surface area contributed by atoms with Gasteiger partial charge in [0.25, 0.3) is 0 Å². The SMILES string of the molecule is O=C(CCCN(CCC(=O)Nc1ccccc1)C1CC1)NO. The zero-order valence-electron chi connectivity index (χ0n) is 12.6. The lowest BCUT2D eigenvalue weighted by Crippen LogP contribution is -2.31. The highest BCUT2D eigenvalue weighted by Crippen LogP contribution is 2.27. The Kier molecular flexibility index (Phi) is 6.36. The number of nitrogens with one attached hydrogen (secondary N) is 2. The van der Waals surface area contributed by atoms with Gasteiger partial charge in [-0.1, -0.05) is 18.2 Å². The van der Waals surface area contributed by atoms with Gasteiger partial charge in [-0.2, -0.15) is 0 Å². The van der Waals surface area contributed by atoms with E-state index in [4.69, 9.17) is 5.21 Å². The summed E-state index contributed by atoms with van der Waals surface area (Å²) in [5.74, 6) is -0.359. The molecule has 1 aromatic carbocycles. The minimum absolute atomic E-state index is 0.00458. The minimum Gasteiger partial charge on any atom is -0.326 e. The molecule has 1 aliphatic rings. The summed E-state index contributed by atoms with van der Waals surface area (Å²) in [5.41, 5.74) is 2.45. The second kappa shape index (κ2) is 8.51. The van der Waals surface area contributed by atoms with Gasteiger partial charge in [-0.05, 0) is 37.9 Å². The number of hydroxylamine groups is 1. The number of rotatable bonds is 9. The Hall–Kier alpha value is -1.92. The third-order valence-electron chi connectivity index (χ3n) is 3.72. The number of anilines is 1. The van der Waals surface area contributed by atoms with E-state index >= 15 is 0 Å². The van der Waals surface area contributed by atoms with Gasteiger partial charge in [0.05, 0.1) is 0 Å². The molecule has 0 saturated heterocycles. The van der Waals surface area contributed by atoms with Crippen LogP contribution in [0.1, 0.15) is 32.1 Å². The van der Waals surface area contributed by atoms with E-state index in [0.29, 0.717) is 31.8 Å². The fourth-order valence-corrected chi connectivity index (χ4v) is 2.41. The molecule has 22 heavy (non-hydrogen) atoms. The molecule has 0 aliphatic heterocycles. The van der Waals surface area contributed by atoms with Gasteiger partial charge in [-0.25, -0.2) is 5.48 Å². The molecule has 1 aliphatic carbocycles. The highest BCUT2D eigenvalue weighted by molar-refractivity contribution is 5.90. The summed E-state index contributed by atoms with van der Waals surface area (Å²) in [7, 11) is 0. The van der Waals surface area contributed by atoms with Crippen LogP contribution < -0.4 is 10.8 Å². The summed E-state index contributed by atoms with van der Waals surface area (Å²) in [5, 5.41) is 11.3. The van der Waals surface area contributed by atoms with Crippen LogP contribution in [0.5, 0.6) is 0 Å². The molecular weight excluding hydrogens is 282 g/mol. The van der Waals surface area contributed by atoms with Gasteiger partial charge >= 0.3 is 0 Å². The van der Waals surface area contributed by atoms with Gasteiger partial charge in [0.15, 0.2) is 0 Å². The molecule has 2 rings (SSSR count). The Morgan fingerprint density at radius 3 is 2.45 bits per heavy atom. The molecule has 120 valence electrons. The normalized spacial score (nSPS) is 13.9. The summed E-state index contributed by atoms with van der Waals surface area (Å²) in [4.78, 5) is 25.2. The minimum atomic E-state index is -0.363. The lowest BCUT2D eigenvalue weighted by Gasteiger charge is -2.21. The topological polar surface area (TPSA) is 81.7 Å². The third kappa shape index (κ3) is 5.83. The smallest absolute Gasteiger partial charge is 0.243 e. The predicted molar refractivity (Wildman–Crippen MR) is 83.4 cm³/mol. The van der Waals surface area contributed by atoms with E-state index in [1.54, 1.807) is 5.48 Å². The van der Waals surface area contributed by atoms with E-state index in [9.17, 15) is 9.59 Å². The predicted octanol–water partition coefficient (Wildman–Crippen LogP) is 1.77. The van der Waals surface area contributed by atoms with Gasteiger partial charge < -0.3 is 5.32 Å². The second-order valence-corrected chi connectivity index (χ2v) is 5.57. The van der Waals surface area contributed by atoms with E-state index in [1.807, 2.05) is 30.3 Å². The van der Waals surface area contributed by atoms with Crippen molar-refractivity contribution in [3.8, 4) is 0 Å². The Bertz CT molecular complexity index is 489. The van der Waals surface area contributed by atoms with Gasteiger partial charge in [-0.3, -0.25) is 19.7 Å². The number of hydrogen-bond acceptors (Lipinski definition) is 4. The molecule has 0 radical (unpaired) electrons. The van der Waals surface area contributed by atoms with Gasteiger partial charge in [0.2, 0.25) is 11.8 Å². The van der Waals surface area contributed by atoms with E-state index < -0.39 is 0 Å². The number of nitrogens with zero attached hydrogens (tertiary/aromatic N) is 1. The summed E-state index contributed by atoms with van der Waals surface area (Å²) in [6.07, 6.45) is 3.75. The Labute approximate surface area is 130 Å². The van der Waals surface area contributed by atoms with E-state index in [-0.39, 0.29) is 11.8 Å². The van der Waals surface area contributed by atoms with Crippen LogP contribution in [0.2, 0.25) is 0 Å². The summed E-state index contributed by atoms with van der Waals surface area (Å²) >= 11 is 0. The Balaban J connectivity index is 1.70. The van der Waals surface area contributed by atoms with E-state index in [0.717, 1.165) is 25.1 Å². The summed E-state index contributed by atoms with van der Waals surface area (Å²) in [6.45, 7) is 1.47. The molecule has 3 N–H and O–H groups in total. The van der Waals surface area contributed by atoms with Crippen LogP contribution >= 0.6 is 0 Å². The fraction of sp³-hybridized carbons (Fsp3) is 0.500. The van der Waals surface area contributed by atoms with Crippen molar-refractivity contribution >= 4 is 17.5 Å². The average molecular weight is 305 g/mol. The molecule has 0 aromatic heterocycles. The highest BCUT2D eigenvalue weighted by atomic mass is 16.5. The lowest BCUT2D eigenvalue weighted by atomic mass is 10.2. The first kappa shape index (κ1) is 16.5. The monoisotopic (exact) mass is 305 g/mol. The second-order valence-electron chi connectivity index (χ2n) is 5.57. The number of carbonyl (C=O) groups is 2. The number of carbonyl (C=O) groups excluding carboxylic acids is 2. The molecule has 6 nitrogen and oxygen atoms in total. The standard InChI is InChI=1S/C16H23N3O3/c20-15(17-13-5-2-1-3-6-13)10-12-19(14-8-9-14)11-4-7-16(21)18-22/h1-3,5-6,14,22H,4,7-12H2,(H,17,20)(H,18,21). The van der Waals surface area contributed by atoms with Crippen LogP contribution in [0.3, 0.4) is 0 Å². The summed E-state index contributed by atoms with van der Waals surface area (Å²) < 4.78 is 0. The van der Waals surface area contributed by atoms with Crippen LogP contribution in [0.15, 0.2) is 30.3 Å². The molecule has 1 aromatic rings. The molecule has 1 saturated carbocycles. The molecule has 0 atom stereocenters. The average Bonchev–Trinajstić information content (AvgIpc) is 3.36. The fourth-order valence-electron chi connectivity index (χ4n) is 2.41. The van der Waals surface area contributed by atoms with Gasteiger partial charge in [0.1, 0.15) is 0 Å². The van der Waals surface area contributed by atoms with Crippen LogP contribution in [0.4, 0.5) is 5.69 Å². The quantitative estimate of drug-likeness (QED) is 0.480. The van der Waals surface area contributed by atoms with Crippen molar-refractivity contribution in [1.82, 2.24) is 10.4 Å². The maximum Gasteiger partial charge on any atom is 0.243 e. The maximum atomic E-state index is 12.0. The number of amides is 2. The van der Waals surface area contributed by atoms with Crippen LogP contribution in [-0.2, 0) is 9.59 Å². The van der Waals surface area contributed by atoms with Crippen molar-refractivity contribution in [1.29, 1.82) is 0 Å². The zero-order chi connectivity index (χ0) is 15.8. The first-order valence-corrected chi connectivity index (χ1v) is 7.71. The van der Waals surface area contributed by atoms with Crippen molar-refractivity contribution in [2.24, 2.45) is 0 Å². The van der Waals surface area contributed by atoms with Gasteiger partial charge in [0, 0.05) is 31.1 Å². The molecular formula is C16H23N3O3. The van der Waals surface area contributed by atoms with E-state index in [2.05, 4.69) is 10.2 Å². The van der Waals surface area contributed by atoms with Crippen molar-refractivity contribution in [3.63, 3.8) is 0 Å². The molecule has 1 fully saturated rings. The molecule has 0 spiro atoms. The number of para-hydroxylation sites is 1. The van der Waals surface area contributed by atoms with Crippen molar-refractivity contribution in [3.05, 3.63) is 30.3 Å². The third-order valence-corrected chi connectivity index (χ3v) is 3.72. The van der Waals surface area contributed by atoms with Gasteiger partial charge in [-0.15, -0.1) is 0 Å². The first-order valence-electron chi connectivity index (χ1n) is 7.71. The molecule has 0 bridgehead atoms. The Morgan fingerprint density at radius 2 is 1.82 bits per heavy atom. The molecule has 0 unspecified atom stereocenters. The van der Waals surface area contributed by atoms with E-state index in [1.165, 1.54) is 0 Å². The molecule has 0 heterocycles. The zero-order valence-corrected chi connectivity index (χ0v) is 12.6. The van der Waals surface area contributed by atoms with Crippen LogP contribution in [0, 0.1) is 0 Å². The van der Waals surface area contributed by atoms with Crippen molar-refractivity contribution < 1.29 is 14.8 Å². The number of benzene rings is 1. The largest absolute Gasteiger partial charge is 0.326 e. The highest BCUT2D eigenvalue weighted by Gasteiger charge is 2.28.